The molecule has 0 amide bonds. The predicted molar refractivity (Wildman–Crippen MR) is 100 cm³/mol. The summed E-state index contributed by atoms with van der Waals surface area (Å²) in [6.45, 7) is 4.90. The van der Waals surface area contributed by atoms with Gasteiger partial charge in [0.2, 0.25) is 0 Å². The number of hydrogen-bond donors (Lipinski definition) is 0. The van der Waals surface area contributed by atoms with Crippen molar-refractivity contribution in [2.75, 3.05) is 18.0 Å². The topological polar surface area (TPSA) is 38.1 Å². The van der Waals surface area contributed by atoms with Gasteiger partial charge in [0.25, 0.3) is 5.56 Å². The van der Waals surface area contributed by atoms with E-state index in [0.29, 0.717) is 11.8 Å². The molecule has 2 bridgehead atoms. The molecule has 0 saturated carbocycles. The van der Waals surface area contributed by atoms with E-state index in [1.54, 1.807) is 6.07 Å². The minimum absolute atomic E-state index is 0.139. The number of para-hydroxylation sites is 1. The fraction of sp³-hybridized carbons (Fsp3) is 0.333. The third kappa shape index (κ3) is 2.36. The maximum absolute atomic E-state index is 12.2. The molecule has 126 valence electrons. The number of anilines is 1. The molecule has 1 fully saturated rings. The molecule has 2 aliphatic heterocycles. The molecule has 2 aromatic heterocycles. The number of aryl methyl sites for hydroxylation is 1. The monoisotopic (exact) mass is 331 g/mol. The summed E-state index contributed by atoms with van der Waals surface area (Å²) in [7, 11) is 0. The van der Waals surface area contributed by atoms with Crippen molar-refractivity contribution in [2.24, 2.45) is 5.92 Å². The summed E-state index contributed by atoms with van der Waals surface area (Å²) in [6.07, 6.45) is 1.17. The molecular formula is C21H21N3O. The second-order valence-corrected chi connectivity index (χ2v) is 7.42. The Morgan fingerprint density at radius 1 is 1.04 bits per heavy atom. The van der Waals surface area contributed by atoms with Crippen LogP contribution >= 0.6 is 0 Å². The zero-order chi connectivity index (χ0) is 17.0. The van der Waals surface area contributed by atoms with Gasteiger partial charge in [-0.3, -0.25) is 4.79 Å². The molecule has 3 aromatic rings. The molecule has 0 aliphatic carbocycles. The number of rotatable bonds is 1. The molecular weight excluding hydrogens is 310 g/mol. The van der Waals surface area contributed by atoms with Crippen molar-refractivity contribution in [3.05, 3.63) is 70.1 Å². The van der Waals surface area contributed by atoms with Crippen LogP contribution in [0.15, 0.2) is 53.3 Å². The fourth-order valence-corrected chi connectivity index (χ4v) is 4.58. The molecule has 25 heavy (non-hydrogen) atoms. The molecule has 1 saturated heterocycles. The molecule has 4 heteroatoms. The third-order valence-electron chi connectivity index (χ3n) is 5.71. The van der Waals surface area contributed by atoms with E-state index in [1.807, 2.05) is 16.7 Å². The van der Waals surface area contributed by atoms with Gasteiger partial charge in [-0.1, -0.05) is 24.3 Å². The Bertz CT molecular complexity index is 1020. The number of nitrogens with zero attached hydrogens (tertiary/aromatic N) is 3. The lowest BCUT2D eigenvalue weighted by Crippen LogP contribution is -2.47. The molecule has 0 N–H and O–H groups in total. The van der Waals surface area contributed by atoms with Crippen molar-refractivity contribution >= 4 is 16.7 Å². The number of pyridine rings is 2. The quantitative estimate of drug-likeness (QED) is 0.686. The molecule has 4 heterocycles. The summed E-state index contributed by atoms with van der Waals surface area (Å²) in [5.41, 5.74) is 3.66. The first kappa shape index (κ1) is 14.7. The van der Waals surface area contributed by atoms with E-state index in [9.17, 15) is 4.79 Å². The van der Waals surface area contributed by atoms with Crippen molar-refractivity contribution in [1.82, 2.24) is 9.55 Å². The highest BCUT2D eigenvalue weighted by Gasteiger charge is 2.35. The van der Waals surface area contributed by atoms with Crippen molar-refractivity contribution in [3.8, 4) is 0 Å². The van der Waals surface area contributed by atoms with Crippen LogP contribution in [0.2, 0.25) is 0 Å². The smallest absolute Gasteiger partial charge is 0.250 e. The summed E-state index contributed by atoms with van der Waals surface area (Å²) in [5.74, 6) is 1.99. The maximum Gasteiger partial charge on any atom is 0.250 e. The van der Waals surface area contributed by atoms with Crippen LogP contribution in [0.25, 0.3) is 10.9 Å². The normalized spacial score (nSPS) is 22.0. The van der Waals surface area contributed by atoms with E-state index in [1.165, 1.54) is 23.1 Å². The lowest BCUT2D eigenvalue weighted by atomic mass is 9.83. The molecule has 2 atom stereocenters. The lowest BCUT2D eigenvalue weighted by Gasteiger charge is -2.43. The average molecular weight is 331 g/mol. The zero-order valence-electron chi connectivity index (χ0n) is 14.4. The van der Waals surface area contributed by atoms with Gasteiger partial charge in [-0.2, -0.15) is 0 Å². The Kier molecular flexibility index (Phi) is 3.20. The van der Waals surface area contributed by atoms with E-state index < -0.39 is 0 Å². The SMILES string of the molecule is Cc1cc(N2CC3CC(C2)c2cccc(=O)n2C3)nc2ccccc12. The number of benzene rings is 1. The van der Waals surface area contributed by atoms with E-state index in [0.717, 1.165) is 31.0 Å². The largest absolute Gasteiger partial charge is 0.356 e. The number of aromatic nitrogens is 2. The van der Waals surface area contributed by atoms with Gasteiger partial charge in [0.1, 0.15) is 5.82 Å². The van der Waals surface area contributed by atoms with Crippen LogP contribution in [-0.4, -0.2) is 22.6 Å². The summed E-state index contributed by atoms with van der Waals surface area (Å²) in [4.78, 5) is 19.5. The van der Waals surface area contributed by atoms with Crippen molar-refractivity contribution < 1.29 is 0 Å². The van der Waals surface area contributed by atoms with Crippen LogP contribution in [0.3, 0.4) is 0 Å². The Labute approximate surface area is 146 Å². The molecule has 0 radical (unpaired) electrons. The van der Waals surface area contributed by atoms with Crippen LogP contribution in [-0.2, 0) is 6.54 Å². The van der Waals surface area contributed by atoms with Crippen LogP contribution in [0.1, 0.15) is 23.6 Å². The molecule has 2 unspecified atom stereocenters. The van der Waals surface area contributed by atoms with Gasteiger partial charge in [-0.15, -0.1) is 0 Å². The van der Waals surface area contributed by atoms with Gasteiger partial charge in [-0.25, -0.2) is 4.98 Å². The second-order valence-electron chi connectivity index (χ2n) is 7.42. The van der Waals surface area contributed by atoms with Crippen LogP contribution in [0.4, 0.5) is 5.82 Å². The van der Waals surface area contributed by atoms with Crippen molar-refractivity contribution in [3.63, 3.8) is 0 Å². The third-order valence-corrected chi connectivity index (χ3v) is 5.71. The van der Waals surface area contributed by atoms with Gasteiger partial charge in [0.15, 0.2) is 0 Å². The fourth-order valence-electron chi connectivity index (χ4n) is 4.58. The predicted octanol–water partition coefficient (Wildman–Crippen LogP) is 3.33. The Morgan fingerprint density at radius 2 is 1.92 bits per heavy atom. The molecule has 2 aliphatic rings. The average Bonchev–Trinajstić information content (AvgIpc) is 2.62. The highest BCUT2D eigenvalue weighted by Crippen LogP contribution is 2.37. The summed E-state index contributed by atoms with van der Waals surface area (Å²) in [6, 6.07) is 16.2. The Balaban J connectivity index is 1.54. The Hall–Kier alpha value is -2.62. The van der Waals surface area contributed by atoms with Crippen LogP contribution in [0.5, 0.6) is 0 Å². The van der Waals surface area contributed by atoms with Gasteiger partial charge >= 0.3 is 0 Å². The summed E-state index contributed by atoms with van der Waals surface area (Å²) < 4.78 is 1.98. The minimum Gasteiger partial charge on any atom is -0.356 e. The summed E-state index contributed by atoms with van der Waals surface area (Å²) >= 11 is 0. The molecule has 4 nitrogen and oxygen atoms in total. The first-order chi connectivity index (χ1) is 12.2. The maximum atomic E-state index is 12.2. The van der Waals surface area contributed by atoms with Crippen molar-refractivity contribution in [2.45, 2.75) is 25.8 Å². The van der Waals surface area contributed by atoms with Crippen molar-refractivity contribution in [1.29, 1.82) is 0 Å². The highest BCUT2D eigenvalue weighted by molar-refractivity contribution is 5.83. The number of piperidine rings is 1. The van der Waals surface area contributed by atoms with Gasteiger partial charge in [-0.05, 0) is 43.0 Å². The van der Waals surface area contributed by atoms with E-state index >= 15 is 0 Å². The molecule has 1 aromatic carbocycles. The highest BCUT2D eigenvalue weighted by atomic mass is 16.1. The van der Waals surface area contributed by atoms with E-state index in [2.05, 4.69) is 42.2 Å². The first-order valence-corrected chi connectivity index (χ1v) is 9.00. The molecule has 0 spiro atoms. The van der Waals surface area contributed by atoms with E-state index in [4.69, 9.17) is 4.98 Å². The summed E-state index contributed by atoms with van der Waals surface area (Å²) in [5, 5.41) is 1.22. The standard InChI is InChI=1S/C21H21N3O/c1-14-9-20(22-18-6-3-2-5-17(14)18)23-11-15-10-16(13-23)19-7-4-8-21(25)24(19)12-15/h2-9,15-16H,10-13H2,1H3. The molecule has 5 rings (SSSR count). The van der Waals surface area contributed by atoms with Gasteiger partial charge in [0.05, 0.1) is 5.52 Å². The lowest BCUT2D eigenvalue weighted by molar-refractivity contribution is 0.280. The van der Waals surface area contributed by atoms with Gasteiger partial charge < -0.3 is 9.47 Å². The van der Waals surface area contributed by atoms with Crippen LogP contribution in [0, 0.1) is 12.8 Å². The number of fused-ring (bicyclic) bond motifs is 5. The Morgan fingerprint density at radius 3 is 2.84 bits per heavy atom. The second kappa shape index (κ2) is 5.45. The minimum atomic E-state index is 0.139. The van der Waals surface area contributed by atoms with Crippen LogP contribution < -0.4 is 10.5 Å². The number of hydrogen-bond acceptors (Lipinski definition) is 3. The van der Waals surface area contributed by atoms with Gasteiger partial charge in [0, 0.05) is 42.7 Å². The van der Waals surface area contributed by atoms with E-state index in [-0.39, 0.29) is 5.56 Å². The zero-order valence-corrected chi connectivity index (χ0v) is 14.4. The first-order valence-electron chi connectivity index (χ1n) is 9.00.